The van der Waals surface area contributed by atoms with Crippen LogP contribution in [0.4, 0.5) is 10.5 Å². The molecule has 0 aromatic heterocycles. The van der Waals surface area contributed by atoms with E-state index in [1.807, 2.05) is 26.8 Å². The highest BCUT2D eigenvalue weighted by Gasteiger charge is 2.19. The van der Waals surface area contributed by atoms with E-state index in [0.29, 0.717) is 22.2 Å². The molecule has 0 radical (unpaired) electrons. The zero-order valence-corrected chi connectivity index (χ0v) is 15.8. The van der Waals surface area contributed by atoms with Crippen molar-refractivity contribution >= 4 is 35.2 Å². The first kappa shape index (κ1) is 20.9. The number of rotatable bonds is 7. The quantitative estimate of drug-likeness (QED) is 0.670. The molecule has 0 heterocycles. The standard InChI is InChI=1S/C17H24ClN3O4/c1-5-21(10-15(23)20-17(24)25-6-2)9-14(22)19-16-12(4)7-11(3)8-13(16)18/h7-8H,5-6,9-10H2,1-4H3,(H,19,22)(H,20,23,24)/p+1. The number of carbonyl (C=O) groups excluding carboxylic acids is 3. The highest BCUT2D eigenvalue weighted by molar-refractivity contribution is 6.34. The zero-order valence-electron chi connectivity index (χ0n) is 15.0. The lowest BCUT2D eigenvalue weighted by atomic mass is 10.1. The molecule has 1 aromatic rings. The molecular weight excluding hydrogens is 346 g/mol. The van der Waals surface area contributed by atoms with E-state index in [2.05, 4.69) is 15.4 Å². The van der Waals surface area contributed by atoms with Crippen LogP contribution in [0.15, 0.2) is 12.1 Å². The Labute approximate surface area is 152 Å². The lowest BCUT2D eigenvalue weighted by Crippen LogP contribution is -3.14. The van der Waals surface area contributed by atoms with Gasteiger partial charge in [0.25, 0.3) is 11.8 Å². The van der Waals surface area contributed by atoms with Gasteiger partial charge in [0.15, 0.2) is 13.1 Å². The van der Waals surface area contributed by atoms with Gasteiger partial charge in [0, 0.05) is 0 Å². The second-order valence-corrected chi connectivity index (χ2v) is 6.12. The first-order chi connectivity index (χ1) is 11.8. The zero-order chi connectivity index (χ0) is 19.0. The largest absolute Gasteiger partial charge is 0.450 e. The van der Waals surface area contributed by atoms with Gasteiger partial charge in [-0.25, -0.2) is 4.79 Å². The van der Waals surface area contributed by atoms with E-state index < -0.39 is 12.0 Å². The Kier molecular flexibility index (Phi) is 8.37. The molecule has 138 valence electrons. The fraction of sp³-hybridized carbons (Fsp3) is 0.471. The van der Waals surface area contributed by atoms with Gasteiger partial charge in [-0.05, 0) is 44.9 Å². The number of aryl methyl sites for hydroxylation is 2. The number of hydrogen-bond donors (Lipinski definition) is 3. The summed E-state index contributed by atoms with van der Waals surface area (Å²) in [5.41, 5.74) is 2.46. The molecule has 0 spiro atoms. The Morgan fingerprint density at radius 1 is 1.12 bits per heavy atom. The van der Waals surface area contributed by atoms with Gasteiger partial charge in [0.2, 0.25) is 0 Å². The van der Waals surface area contributed by atoms with E-state index in [-0.39, 0.29) is 25.6 Å². The summed E-state index contributed by atoms with van der Waals surface area (Å²) < 4.78 is 4.65. The molecular formula is C17H25ClN3O4+. The topological polar surface area (TPSA) is 88.9 Å². The van der Waals surface area contributed by atoms with E-state index in [0.717, 1.165) is 11.1 Å². The summed E-state index contributed by atoms with van der Waals surface area (Å²) in [7, 11) is 0. The number of anilines is 1. The minimum atomic E-state index is -0.783. The number of carbonyl (C=O) groups is 3. The van der Waals surface area contributed by atoms with Crippen molar-refractivity contribution in [3.05, 3.63) is 28.3 Å². The number of quaternary nitrogens is 1. The van der Waals surface area contributed by atoms with Crippen molar-refractivity contribution in [2.45, 2.75) is 27.7 Å². The molecule has 0 saturated carbocycles. The number of imide groups is 1. The molecule has 1 rings (SSSR count). The molecule has 7 nitrogen and oxygen atoms in total. The van der Waals surface area contributed by atoms with Crippen molar-refractivity contribution in [3.8, 4) is 0 Å². The summed E-state index contributed by atoms with van der Waals surface area (Å²) in [5, 5.41) is 5.38. The Bertz CT molecular complexity index is 626. The van der Waals surface area contributed by atoms with Gasteiger partial charge < -0.3 is 15.0 Å². The van der Waals surface area contributed by atoms with Crippen LogP contribution in [-0.4, -0.2) is 44.1 Å². The molecule has 0 fully saturated rings. The third kappa shape index (κ3) is 7.11. The Morgan fingerprint density at radius 3 is 2.32 bits per heavy atom. The van der Waals surface area contributed by atoms with Crippen LogP contribution in [0.1, 0.15) is 25.0 Å². The highest BCUT2D eigenvalue weighted by Crippen LogP contribution is 2.27. The van der Waals surface area contributed by atoms with Crippen LogP contribution in [0, 0.1) is 13.8 Å². The van der Waals surface area contributed by atoms with Crippen molar-refractivity contribution in [3.63, 3.8) is 0 Å². The van der Waals surface area contributed by atoms with E-state index >= 15 is 0 Å². The van der Waals surface area contributed by atoms with Crippen LogP contribution >= 0.6 is 11.6 Å². The van der Waals surface area contributed by atoms with Crippen molar-refractivity contribution in [2.24, 2.45) is 0 Å². The summed E-state index contributed by atoms with van der Waals surface area (Å²) in [6.45, 7) is 8.09. The minimum absolute atomic E-state index is 0.0106. The third-order valence-corrected chi connectivity index (χ3v) is 3.83. The summed E-state index contributed by atoms with van der Waals surface area (Å²) >= 11 is 6.18. The smallest absolute Gasteiger partial charge is 0.414 e. The van der Waals surface area contributed by atoms with Crippen LogP contribution < -0.4 is 15.5 Å². The number of alkyl carbamates (subject to hydrolysis) is 1. The average molecular weight is 371 g/mol. The molecule has 0 bridgehead atoms. The van der Waals surface area contributed by atoms with Crippen LogP contribution in [0.3, 0.4) is 0 Å². The molecule has 1 atom stereocenters. The van der Waals surface area contributed by atoms with Crippen LogP contribution in [-0.2, 0) is 14.3 Å². The van der Waals surface area contributed by atoms with Gasteiger partial charge in [0.05, 0.1) is 23.9 Å². The van der Waals surface area contributed by atoms with Crippen molar-refractivity contribution in [1.29, 1.82) is 0 Å². The number of amides is 3. The van der Waals surface area contributed by atoms with E-state index in [1.54, 1.807) is 13.0 Å². The fourth-order valence-electron chi connectivity index (χ4n) is 2.35. The number of likely N-dealkylation sites (N-methyl/N-ethyl adjacent to an activating group) is 1. The number of nitrogens with one attached hydrogen (secondary N) is 3. The van der Waals surface area contributed by atoms with Gasteiger partial charge in [-0.2, -0.15) is 0 Å². The molecule has 1 unspecified atom stereocenters. The maximum atomic E-state index is 12.3. The van der Waals surface area contributed by atoms with Crippen LogP contribution in [0.2, 0.25) is 5.02 Å². The Hall–Kier alpha value is -2.12. The van der Waals surface area contributed by atoms with Crippen molar-refractivity contribution < 1.29 is 24.0 Å². The van der Waals surface area contributed by atoms with Crippen LogP contribution in [0.5, 0.6) is 0 Å². The highest BCUT2D eigenvalue weighted by atomic mass is 35.5. The first-order valence-electron chi connectivity index (χ1n) is 8.13. The average Bonchev–Trinajstić information content (AvgIpc) is 2.50. The number of ether oxygens (including phenoxy) is 1. The minimum Gasteiger partial charge on any atom is -0.450 e. The van der Waals surface area contributed by atoms with Gasteiger partial charge in [-0.15, -0.1) is 0 Å². The monoisotopic (exact) mass is 370 g/mol. The molecule has 1 aromatic carbocycles. The fourth-order valence-corrected chi connectivity index (χ4v) is 2.72. The number of halogens is 1. The lowest BCUT2D eigenvalue weighted by Gasteiger charge is -2.17. The lowest BCUT2D eigenvalue weighted by molar-refractivity contribution is -0.881. The summed E-state index contributed by atoms with van der Waals surface area (Å²) in [6, 6.07) is 3.71. The molecule has 0 aliphatic carbocycles. The SMILES string of the molecule is CCOC(=O)NC(=O)C[NH+](CC)CC(=O)Nc1c(C)cc(C)cc1Cl. The molecule has 8 heteroatoms. The second-order valence-electron chi connectivity index (χ2n) is 5.71. The van der Waals surface area contributed by atoms with Crippen molar-refractivity contribution in [2.75, 3.05) is 31.6 Å². The molecule has 0 saturated heterocycles. The summed E-state index contributed by atoms with van der Waals surface area (Å²) in [6.07, 6.45) is -0.783. The van der Waals surface area contributed by atoms with Crippen molar-refractivity contribution in [1.82, 2.24) is 5.32 Å². The molecule has 0 aliphatic rings. The first-order valence-corrected chi connectivity index (χ1v) is 8.51. The van der Waals surface area contributed by atoms with Crippen LogP contribution in [0.25, 0.3) is 0 Å². The Balaban J connectivity index is 2.62. The molecule has 3 amide bonds. The molecule has 25 heavy (non-hydrogen) atoms. The molecule has 3 N–H and O–H groups in total. The predicted octanol–water partition coefficient (Wildman–Crippen LogP) is 1.07. The summed E-state index contributed by atoms with van der Waals surface area (Å²) in [4.78, 5) is 36.0. The maximum absolute atomic E-state index is 12.3. The van der Waals surface area contributed by atoms with Gasteiger partial charge in [-0.1, -0.05) is 17.7 Å². The number of benzene rings is 1. The second kappa shape index (κ2) is 10.0. The molecule has 0 aliphatic heterocycles. The predicted molar refractivity (Wildman–Crippen MR) is 96.0 cm³/mol. The third-order valence-electron chi connectivity index (χ3n) is 3.53. The van der Waals surface area contributed by atoms with Gasteiger partial charge in [0.1, 0.15) is 0 Å². The normalized spacial score (nSPS) is 11.6. The van der Waals surface area contributed by atoms with Gasteiger partial charge >= 0.3 is 6.09 Å². The number of hydrogen-bond acceptors (Lipinski definition) is 4. The van der Waals surface area contributed by atoms with E-state index in [1.165, 1.54) is 0 Å². The maximum Gasteiger partial charge on any atom is 0.414 e. The summed E-state index contributed by atoms with van der Waals surface area (Å²) in [5.74, 6) is -0.748. The Morgan fingerprint density at radius 2 is 1.76 bits per heavy atom. The van der Waals surface area contributed by atoms with E-state index in [4.69, 9.17) is 11.6 Å². The van der Waals surface area contributed by atoms with Gasteiger partial charge in [-0.3, -0.25) is 14.9 Å². The van der Waals surface area contributed by atoms with E-state index in [9.17, 15) is 14.4 Å².